The summed E-state index contributed by atoms with van der Waals surface area (Å²) in [4.78, 5) is 3.56. The molecule has 0 radical (unpaired) electrons. The predicted molar refractivity (Wildman–Crippen MR) is 37.1 cm³/mol. The molecule has 0 aliphatic heterocycles. The molecule has 0 saturated carbocycles. The zero-order valence-corrected chi connectivity index (χ0v) is 5.32. The molecule has 48 valence electrons. The molecule has 0 aromatic carbocycles. The minimum atomic E-state index is -0.508. The van der Waals surface area contributed by atoms with E-state index in [-0.39, 0.29) is 0 Å². The van der Waals surface area contributed by atoms with Crippen LogP contribution in [0.1, 0.15) is 6.92 Å². The molecule has 0 aromatic heterocycles. The molecule has 0 fully saturated rings. The number of allylic oxidation sites excluding steroid dienone is 3. The molecule has 0 N–H and O–H groups in total. The summed E-state index contributed by atoms with van der Waals surface area (Å²) in [6.45, 7) is 7.89. The molecule has 9 heavy (non-hydrogen) atoms. The maximum Gasteiger partial charge on any atom is 0.117 e. The van der Waals surface area contributed by atoms with Crippen LogP contribution in [0, 0.1) is 0 Å². The van der Waals surface area contributed by atoms with E-state index in [1.807, 2.05) is 0 Å². The van der Waals surface area contributed by atoms with Crippen molar-refractivity contribution in [2.75, 3.05) is 0 Å². The first kappa shape index (κ1) is 7.86. The normalized spacial score (nSPS) is 10.2. The largest absolute Gasteiger partial charge is 0.212 e. The van der Waals surface area contributed by atoms with Gasteiger partial charge in [-0.15, -0.1) is 0 Å². The average molecular weight is 125 g/mol. The Balaban J connectivity index is 4.16. The number of aliphatic imine (C=N–C) groups is 1. The maximum absolute atomic E-state index is 11.9. The molecule has 0 heterocycles. The third kappa shape index (κ3) is 4.72. The van der Waals surface area contributed by atoms with Gasteiger partial charge in [-0.2, -0.15) is 0 Å². The Hall–Kier alpha value is -1.14. The summed E-state index contributed by atoms with van der Waals surface area (Å²) in [6, 6.07) is 0. The fraction of sp³-hybridized carbons (Fsp3) is 0.143. The first-order valence-electron chi connectivity index (χ1n) is 2.42. The number of rotatable bonds is 2. The lowest BCUT2D eigenvalue weighted by Gasteiger charge is -1.83. The highest BCUT2D eigenvalue weighted by Gasteiger charge is 1.83. The Morgan fingerprint density at radius 3 is 2.67 bits per heavy atom. The van der Waals surface area contributed by atoms with Crippen molar-refractivity contribution >= 4 is 5.87 Å². The summed E-state index contributed by atoms with van der Waals surface area (Å²) in [5.41, 5.74) is 0.512. The van der Waals surface area contributed by atoms with E-state index in [0.717, 1.165) is 0 Å². The van der Waals surface area contributed by atoms with Crippen molar-refractivity contribution in [1.82, 2.24) is 0 Å². The van der Waals surface area contributed by atoms with E-state index < -0.39 is 5.83 Å². The third-order valence-electron chi connectivity index (χ3n) is 0.621. The second kappa shape index (κ2) is 3.81. The summed E-state index contributed by atoms with van der Waals surface area (Å²) in [6.07, 6.45) is 1.21. The number of halogens is 1. The van der Waals surface area contributed by atoms with Crippen molar-refractivity contribution in [2.45, 2.75) is 6.92 Å². The Morgan fingerprint density at radius 1 is 1.78 bits per heavy atom. The molecule has 0 bridgehead atoms. The Kier molecular flexibility index (Phi) is 3.33. The van der Waals surface area contributed by atoms with Crippen LogP contribution in [0.3, 0.4) is 0 Å². The Morgan fingerprint density at radius 2 is 2.33 bits per heavy atom. The van der Waals surface area contributed by atoms with Crippen molar-refractivity contribution in [1.29, 1.82) is 0 Å². The molecule has 0 aliphatic carbocycles. The first-order chi connectivity index (χ1) is 4.16. The van der Waals surface area contributed by atoms with E-state index in [4.69, 9.17) is 0 Å². The molecule has 0 aliphatic rings. The van der Waals surface area contributed by atoms with Crippen molar-refractivity contribution < 1.29 is 4.39 Å². The molecule has 0 rings (SSSR count). The van der Waals surface area contributed by atoms with Gasteiger partial charge in [-0.1, -0.05) is 6.58 Å². The third-order valence-corrected chi connectivity index (χ3v) is 0.621. The monoisotopic (exact) mass is 125 g/mol. The average Bonchev–Trinajstić information content (AvgIpc) is 1.63. The van der Waals surface area contributed by atoms with E-state index in [0.29, 0.717) is 5.70 Å². The lowest BCUT2D eigenvalue weighted by atomic mass is 10.4. The minimum absolute atomic E-state index is 0.508. The van der Waals surface area contributed by atoms with Crippen LogP contribution in [0.4, 0.5) is 4.39 Å². The maximum atomic E-state index is 11.9. The van der Waals surface area contributed by atoms with Crippen LogP contribution >= 0.6 is 0 Å². The Bertz CT molecular complexity index is 185. The van der Waals surface area contributed by atoms with E-state index in [9.17, 15) is 4.39 Å². The molecule has 0 aromatic rings. The molecule has 2 heteroatoms. The van der Waals surface area contributed by atoms with Crippen LogP contribution in [0.2, 0.25) is 0 Å². The van der Waals surface area contributed by atoms with Crippen LogP contribution in [-0.2, 0) is 0 Å². The lowest BCUT2D eigenvalue weighted by Crippen LogP contribution is -1.67. The second-order valence-electron chi connectivity index (χ2n) is 1.50. The Labute approximate surface area is 53.9 Å². The molecule has 0 saturated heterocycles. The highest BCUT2D eigenvalue weighted by atomic mass is 19.1. The topological polar surface area (TPSA) is 12.4 Å². The van der Waals surface area contributed by atoms with Crippen LogP contribution in [-0.4, -0.2) is 5.87 Å². The SMILES string of the molecule is C=C=N/C(C)=C/C(=C)F. The molecule has 0 unspecified atom stereocenters. The van der Waals surface area contributed by atoms with Gasteiger partial charge in [-0.05, 0) is 25.4 Å². The quantitative estimate of drug-likeness (QED) is 0.396. The van der Waals surface area contributed by atoms with Crippen LogP contribution in [0.25, 0.3) is 0 Å². The summed E-state index contributed by atoms with van der Waals surface area (Å²) >= 11 is 0. The van der Waals surface area contributed by atoms with Crippen molar-refractivity contribution in [3.63, 3.8) is 0 Å². The van der Waals surface area contributed by atoms with Crippen LogP contribution in [0.5, 0.6) is 0 Å². The predicted octanol–water partition coefficient (Wildman–Crippen LogP) is 2.23. The lowest BCUT2D eigenvalue weighted by molar-refractivity contribution is 0.669. The van der Waals surface area contributed by atoms with Crippen molar-refractivity contribution in [2.24, 2.45) is 4.99 Å². The van der Waals surface area contributed by atoms with Crippen LogP contribution < -0.4 is 0 Å². The van der Waals surface area contributed by atoms with E-state index in [2.05, 4.69) is 24.0 Å². The van der Waals surface area contributed by atoms with Crippen molar-refractivity contribution in [3.8, 4) is 0 Å². The second-order valence-corrected chi connectivity index (χ2v) is 1.50. The fourth-order valence-electron chi connectivity index (χ4n) is 0.384. The smallest absolute Gasteiger partial charge is 0.117 e. The van der Waals surface area contributed by atoms with Gasteiger partial charge in [-0.3, -0.25) is 0 Å². The number of hydrogen-bond acceptors (Lipinski definition) is 1. The van der Waals surface area contributed by atoms with Gasteiger partial charge in [0.2, 0.25) is 0 Å². The number of nitrogens with zero attached hydrogens (tertiary/aromatic N) is 1. The zero-order valence-electron chi connectivity index (χ0n) is 5.32. The summed E-state index contributed by atoms with van der Waals surface area (Å²) in [5.74, 6) is 1.76. The van der Waals surface area contributed by atoms with Crippen LogP contribution in [0.15, 0.2) is 35.8 Å². The summed E-state index contributed by atoms with van der Waals surface area (Å²) in [7, 11) is 0. The number of hydrogen-bond donors (Lipinski definition) is 0. The molecule has 0 amide bonds. The van der Waals surface area contributed by atoms with E-state index >= 15 is 0 Å². The molecule has 0 spiro atoms. The van der Waals surface area contributed by atoms with Gasteiger partial charge in [-0.25, -0.2) is 9.38 Å². The molecule has 1 nitrogen and oxygen atoms in total. The summed E-state index contributed by atoms with van der Waals surface area (Å²) in [5, 5.41) is 0. The standard InChI is InChI=1S/C7H8FN/c1-4-9-7(3)5-6(2)8/h5H,1-2H2,3H3/b7-5+. The van der Waals surface area contributed by atoms with Gasteiger partial charge in [0, 0.05) is 0 Å². The van der Waals surface area contributed by atoms with E-state index in [1.54, 1.807) is 6.92 Å². The van der Waals surface area contributed by atoms with Gasteiger partial charge in [0.1, 0.15) is 5.83 Å². The van der Waals surface area contributed by atoms with Gasteiger partial charge in [0.25, 0.3) is 0 Å². The van der Waals surface area contributed by atoms with Gasteiger partial charge >= 0.3 is 0 Å². The van der Waals surface area contributed by atoms with Gasteiger partial charge in [0.15, 0.2) is 0 Å². The first-order valence-corrected chi connectivity index (χ1v) is 2.42. The zero-order chi connectivity index (χ0) is 7.28. The minimum Gasteiger partial charge on any atom is -0.212 e. The summed E-state index contributed by atoms with van der Waals surface area (Å²) < 4.78 is 11.9. The fourth-order valence-corrected chi connectivity index (χ4v) is 0.384. The highest BCUT2D eigenvalue weighted by molar-refractivity contribution is 5.48. The molecule has 0 atom stereocenters. The molecular weight excluding hydrogens is 117 g/mol. The van der Waals surface area contributed by atoms with Crippen molar-refractivity contribution in [3.05, 3.63) is 30.8 Å². The molecular formula is C7H8FN. The van der Waals surface area contributed by atoms with E-state index in [1.165, 1.54) is 6.08 Å². The highest BCUT2D eigenvalue weighted by Crippen LogP contribution is 2.00. The van der Waals surface area contributed by atoms with Gasteiger partial charge < -0.3 is 0 Å². The van der Waals surface area contributed by atoms with Gasteiger partial charge in [0.05, 0.1) is 5.70 Å².